The molecule has 0 saturated carbocycles. The third kappa shape index (κ3) is 2.98. The van der Waals surface area contributed by atoms with E-state index in [1.165, 1.54) is 0 Å². The lowest BCUT2D eigenvalue weighted by molar-refractivity contribution is -0.110. The third-order valence-corrected chi connectivity index (χ3v) is 4.02. The van der Waals surface area contributed by atoms with Crippen LogP contribution in [0.3, 0.4) is 0 Å². The van der Waals surface area contributed by atoms with Crippen LogP contribution < -0.4 is 10.1 Å². The predicted molar refractivity (Wildman–Crippen MR) is 95.6 cm³/mol. The van der Waals surface area contributed by atoms with Crippen molar-refractivity contribution in [2.45, 2.75) is 19.4 Å². The Bertz CT molecular complexity index is 818. The lowest BCUT2D eigenvalue weighted by Crippen LogP contribution is -2.03. The summed E-state index contributed by atoms with van der Waals surface area (Å²) in [6, 6.07) is 7.49. The van der Waals surface area contributed by atoms with Gasteiger partial charge in [-0.15, -0.1) is 0 Å². The summed E-state index contributed by atoms with van der Waals surface area (Å²) < 4.78 is 5.29. The van der Waals surface area contributed by atoms with Crippen LogP contribution in [0.25, 0.3) is 17.7 Å². The number of benzene rings is 1. The Balaban J connectivity index is 2.07. The van der Waals surface area contributed by atoms with E-state index in [0.717, 1.165) is 22.5 Å². The molecule has 2 aromatic rings. The van der Waals surface area contributed by atoms with Crippen molar-refractivity contribution >= 4 is 29.3 Å². The molecule has 3 rings (SSSR count). The van der Waals surface area contributed by atoms with Gasteiger partial charge in [0.05, 0.1) is 24.5 Å². The first-order valence-corrected chi connectivity index (χ1v) is 7.88. The maximum Gasteiger partial charge on any atom is 0.256 e. The molecule has 0 saturated heterocycles. The first-order valence-electron chi connectivity index (χ1n) is 7.88. The number of rotatable bonds is 5. The quantitative estimate of drug-likeness (QED) is 0.739. The van der Waals surface area contributed by atoms with E-state index in [4.69, 9.17) is 4.74 Å². The molecule has 0 aliphatic carbocycles. The fourth-order valence-corrected chi connectivity index (χ4v) is 2.71. The predicted octanol–water partition coefficient (Wildman–Crippen LogP) is 3.30. The molecule has 2 heterocycles. The molecule has 5 nitrogen and oxygen atoms in total. The SMILES string of the molecule is CCC(O)C=Cc1cccc2c1/C(=C/c1[nH]ccc1OC)C(=O)N2. The highest BCUT2D eigenvalue weighted by atomic mass is 16.5. The van der Waals surface area contributed by atoms with E-state index in [0.29, 0.717) is 17.7 Å². The second-order valence-corrected chi connectivity index (χ2v) is 5.58. The summed E-state index contributed by atoms with van der Waals surface area (Å²) in [6.07, 6.45) is 7.29. The highest BCUT2D eigenvalue weighted by Crippen LogP contribution is 2.37. The van der Waals surface area contributed by atoms with Crippen molar-refractivity contribution in [3.8, 4) is 5.75 Å². The molecule has 1 atom stereocenters. The molecule has 5 heteroatoms. The van der Waals surface area contributed by atoms with E-state index in [1.807, 2.05) is 37.3 Å². The summed E-state index contributed by atoms with van der Waals surface area (Å²) >= 11 is 0. The fraction of sp³-hybridized carbons (Fsp3) is 0.211. The van der Waals surface area contributed by atoms with Gasteiger partial charge < -0.3 is 20.1 Å². The number of amides is 1. The zero-order valence-corrected chi connectivity index (χ0v) is 13.7. The van der Waals surface area contributed by atoms with Crippen molar-refractivity contribution in [2.24, 2.45) is 0 Å². The van der Waals surface area contributed by atoms with Gasteiger partial charge in [-0.05, 0) is 30.2 Å². The second-order valence-electron chi connectivity index (χ2n) is 5.58. The molecule has 1 amide bonds. The minimum absolute atomic E-state index is 0.154. The maximum absolute atomic E-state index is 12.4. The van der Waals surface area contributed by atoms with Crippen LogP contribution in [0.2, 0.25) is 0 Å². The van der Waals surface area contributed by atoms with Crippen LogP contribution in [0.5, 0.6) is 5.75 Å². The van der Waals surface area contributed by atoms with Crippen LogP contribution in [0.15, 0.2) is 36.5 Å². The van der Waals surface area contributed by atoms with Crippen LogP contribution in [0, 0.1) is 0 Å². The zero-order valence-electron chi connectivity index (χ0n) is 13.7. The number of ether oxygens (including phenoxy) is 1. The van der Waals surface area contributed by atoms with E-state index >= 15 is 0 Å². The number of anilines is 1. The van der Waals surface area contributed by atoms with Crippen LogP contribution in [0.1, 0.15) is 30.2 Å². The van der Waals surface area contributed by atoms with E-state index < -0.39 is 6.10 Å². The number of hydrogen-bond acceptors (Lipinski definition) is 3. The van der Waals surface area contributed by atoms with E-state index in [9.17, 15) is 9.90 Å². The highest BCUT2D eigenvalue weighted by Gasteiger charge is 2.26. The molecular formula is C19H20N2O3. The van der Waals surface area contributed by atoms with Crippen LogP contribution >= 0.6 is 0 Å². The van der Waals surface area contributed by atoms with Gasteiger partial charge in [-0.3, -0.25) is 4.79 Å². The maximum atomic E-state index is 12.4. The minimum atomic E-state index is -0.498. The zero-order chi connectivity index (χ0) is 17.1. The molecular weight excluding hydrogens is 304 g/mol. The first-order chi connectivity index (χ1) is 11.6. The van der Waals surface area contributed by atoms with Crippen LogP contribution in [0.4, 0.5) is 5.69 Å². The molecule has 3 N–H and O–H groups in total. The van der Waals surface area contributed by atoms with Gasteiger partial charge in [-0.2, -0.15) is 0 Å². The molecule has 124 valence electrons. The van der Waals surface area contributed by atoms with Gasteiger partial charge in [0.25, 0.3) is 5.91 Å². The van der Waals surface area contributed by atoms with Crippen molar-refractivity contribution in [1.29, 1.82) is 0 Å². The Morgan fingerprint density at radius 1 is 1.33 bits per heavy atom. The van der Waals surface area contributed by atoms with Gasteiger partial charge in [0.15, 0.2) is 0 Å². The summed E-state index contributed by atoms with van der Waals surface area (Å²) in [6.45, 7) is 1.92. The Kier molecular flexibility index (Phi) is 4.53. The summed E-state index contributed by atoms with van der Waals surface area (Å²) in [5.74, 6) is 0.525. The lowest BCUT2D eigenvalue weighted by Gasteiger charge is -2.06. The topological polar surface area (TPSA) is 74.3 Å². The number of fused-ring (bicyclic) bond motifs is 1. The Labute approximate surface area is 140 Å². The number of carbonyl (C=O) groups is 1. The molecule has 1 aliphatic rings. The standard InChI is InChI=1S/C19H20N2O3/c1-3-13(22)8-7-12-5-4-6-15-18(12)14(19(23)21-15)11-16-17(24-2)9-10-20-16/h4-11,13,20,22H,3H2,1-2H3,(H,21,23)/b8-7?,14-11-. The fourth-order valence-electron chi connectivity index (χ4n) is 2.71. The molecule has 0 spiro atoms. The Morgan fingerprint density at radius 2 is 2.17 bits per heavy atom. The van der Waals surface area contributed by atoms with Gasteiger partial charge in [0, 0.05) is 17.4 Å². The summed E-state index contributed by atoms with van der Waals surface area (Å²) in [4.78, 5) is 15.5. The van der Waals surface area contributed by atoms with Gasteiger partial charge in [0.2, 0.25) is 0 Å². The average molecular weight is 324 g/mol. The van der Waals surface area contributed by atoms with Gasteiger partial charge in [-0.25, -0.2) is 0 Å². The largest absolute Gasteiger partial charge is 0.495 e. The smallest absolute Gasteiger partial charge is 0.256 e. The second kappa shape index (κ2) is 6.76. The lowest BCUT2D eigenvalue weighted by atomic mass is 9.98. The van der Waals surface area contributed by atoms with Gasteiger partial charge in [0.1, 0.15) is 5.75 Å². The molecule has 0 fully saturated rings. The van der Waals surface area contributed by atoms with Crippen molar-refractivity contribution in [3.63, 3.8) is 0 Å². The molecule has 1 aromatic heterocycles. The van der Waals surface area contributed by atoms with Crippen molar-refractivity contribution in [1.82, 2.24) is 4.98 Å². The molecule has 24 heavy (non-hydrogen) atoms. The van der Waals surface area contributed by atoms with Crippen molar-refractivity contribution < 1.29 is 14.6 Å². The monoisotopic (exact) mass is 324 g/mol. The van der Waals surface area contributed by atoms with Crippen LogP contribution in [-0.2, 0) is 4.79 Å². The average Bonchev–Trinajstić information content (AvgIpc) is 3.17. The number of methoxy groups -OCH3 is 1. The summed E-state index contributed by atoms with van der Waals surface area (Å²) in [5, 5.41) is 12.6. The number of aromatic nitrogens is 1. The van der Waals surface area contributed by atoms with Gasteiger partial charge >= 0.3 is 0 Å². The minimum Gasteiger partial charge on any atom is -0.495 e. The number of aliphatic hydroxyl groups is 1. The van der Waals surface area contributed by atoms with Gasteiger partial charge in [-0.1, -0.05) is 31.2 Å². The van der Waals surface area contributed by atoms with E-state index in [2.05, 4.69) is 10.3 Å². The molecule has 1 aromatic carbocycles. The van der Waals surface area contributed by atoms with E-state index in [1.54, 1.807) is 25.5 Å². The number of aliphatic hydroxyl groups excluding tert-OH is 1. The highest BCUT2D eigenvalue weighted by molar-refractivity contribution is 6.35. The normalized spacial score (nSPS) is 16.5. The van der Waals surface area contributed by atoms with Crippen molar-refractivity contribution in [2.75, 3.05) is 12.4 Å². The third-order valence-electron chi connectivity index (χ3n) is 4.02. The molecule has 1 unspecified atom stereocenters. The number of aromatic amines is 1. The van der Waals surface area contributed by atoms with E-state index in [-0.39, 0.29) is 5.91 Å². The summed E-state index contributed by atoms with van der Waals surface area (Å²) in [5.41, 5.74) is 3.79. The Hall–Kier alpha value is -2.79. The number of hydrogen-bond donors (Lipinski definition) is 3. The molecule has 1 aliphatic heterocycles. The molecule has 0 radical (unpaired) electrons. The Morgan fingerprint density at radius 3 is 2.92 bits per heavy atom. The summed E-state index contributed by atoms with van der Waals surface area (Å²) in [7, 11) is 1.59. The van der Waals surface area contributed by atoms with Crippen LogP contribution in [-0.4, -0.2) is 29.2 Å². The number of carbonyl (C=O) groups excluding carboxylic acids is 1. The van der Waals surface area contributed by atoms with Crippen molar-refractivity contribution in [3.05, 3.63) is 53.4 Å². The molecule has 0 bridgehead atoms. The first kappa shape index (κ1) is 16.1. The number of nitrogens with one attached hydrogen (secondary N) is 2. The number of H-pyrrole nitrogens is 1.